The molecule has 1 fully saturated rings. The summed E-state index contributed by atoms with van der Waals surface area (Å²) in [6, 6.07) is 0.732. The molecule has 0 aromatic heterocycles. The van der Waals surface area contributed by atoms with E-state index in [-0.39, 0.29) is 0 Å². The fourth-order valence-corrected chi connectivity index (χ4v) is 2.51. The summed E-state index contributed by atoms with van der Waals surface area (Å²) in [5.41, 5.74) is 0. The number of rotatable bonds is 3. The number of hydrogen-bond acceptors (Lipinski definition) is 2. The summed E-state index contributed by atoms with van der Waals surface area (Å²) in [4.78, 5) is 2.58. The third-order valence-corrected chi connectivity index (χ3v) is 3.54. The zero-order valence-electron chi connectivity index (χ0n) is 9.61. The molecular weight excluding hydrogens is 190 g/mol. The lowest BCUT2D eigenvalue weighted by molar-refractivity contribution is 0.0915. The van der Waals surface area contributed by atoms with Gasteiger partial charge in [0.1, 0.15) is 0 Å². The molecule has 1 aliphatic heterocycles. The highest BCUT2D eigenvalue weighted by Gasteiger charge is 2.27. The van der Waals surface area contributed by atoms with Crippen molar-refractivity contribution in [3.05, 3.63) is 12.2 Å². The van der Waals surface area contributed by atoms with Gasteiger partial charge < -0.3 is 0 Å². The van der Waals surface area contributed by atoms with Crippen molar-refractivity contribution in [2.24, 2.45) is 11.8 Å². The summed E-state index contributed by atoms with van der Waals surface area (Å²) in [6.07, 6.45) is 5.77. The van der Waals surface area contributed by atoms with E-state index >= 15 is 0 Å². The monoisotopic (exact) mass is 213 g/mol. The Morgan fingerprint density at radius 2 is 2.00 bits per heavy atom. The Morgan fingerprint density at radius 3 is 2.64 bits per heavy atom. The van der Waals surface area contributed by atoms with Crippen molar-refractivity contribution < 1.29 is 0 Å². The van der Waals surface area contributed by atoms with Crippen LogP contribution < -0.4 is 0 Å². The lowest BCUT2D eigenvalue weighted by Crippen LogP contribution is -2.45. The van der Waals surface area contributed by atoms with Gasteiger partial charge in [-0.25, -0.2) is 0 Å². The van der Waals surface area contributed by atoms with Crippen LogP contribution >= 0.6 is 12.6 Å². The Balaban J connectivity index is 2.45. The first kappa shape index (κ1) is 12.1. The molecule has 14 heavy (non-hydrogen) atoms. The van der Waals surface area contributed by atoms with Gasteiger partial charge in [0.05, 0.1) is 0 Å². The first-order valence-electron chi connectivity index (χ1n) is 5.65. The van der Waals surface area contributed by atoms with E-state index in [2.05, 4.69) is 50.5 Å². The van der Waals surface area contributed by atoms with Gasteiger partial charge >= 0.3 is 0 Å². The first-order chi connectivity index (χ1) is 6.65. The van der Waals surface area contributed by atoms with Crippen molar-refractivity contribution in [3.63, 3.8) is 0 Å². The Morgan fingerprint density at radius 1 is 1.29 bits per heavy atom. The second kappa shape index (κ2) is 5.82. The summed E-state index contributed by atoms with van der Waals surface area (Å²) >= 11 is 4.17. The molecule has 1 saturated heterocycles. The third-order valence-electron chi connectivity index (χ3n) is 3.33. The molecule has 1 nitrogen and oxygen atoms in total. The first-order valence-corrected chi connectivity index (χ1v) is 6.28. The fourth-order valence-electron chi connectivity index (χ4n) is 2.36. The normalized spacial score (nSPS) is 35.3. The highest BCUT2D eigenvalue weighted by atomic mass is 32.1. The van der Waals surface area contributed by atoms with Gasteiger partial charge in [0.15, 0.2) is 0 Å². The molecule has 1 heterocycles. The van der Waals surface area contributed by atoms with Crippen molar-refractivity contribution in [1.82, 2.24) is 4.90 Å². The molecule has 0 N–H and O–H groups in total. The number of hydrogen-bond donors (Lipinski definition) is 1. The van der Waals surface area contributed by atoms with E-state index in [1.165, 1.54) is 13.0 Å². The average molecular weight is 213 g/mol. The lowest BCUT2D eigenvalue weighted by atomic mass is 9.86. The molecule has 2 heteroatoms. The van der Waals surface area contributed by atoms with Crippen LogP contribution in [0.25, 0.3) is 0 Å². The molecule has 0 aromatic carbocycles. The van der Waals surface area contributed by atoms with E-state index in [1.54, 1.807) is 0 Å². The van der Waals surface area contributed by atoms with Crippen molar-refractivity contribution in [3.8, 4) is 0 Å². The SMILES string of the molecule is CC1CC(C)C(C)N(C/C=C/CS)C1. The summed E-state index contributed by atoms with van der Waals surface area (Å²) in [5, 5.41) is 0. The van der Waals surface area contributed by atoms with Crippen molar-refractivity contribution in [1.29, 1.82) is 0 Å². The van der Waals surface area contributed by atoms with E-state index in [1.807, 2.05) is 0 Å². The zero-order valence-corrected chi connectivity index (χ0v) is 10.5. The minimum Gasteiger partial charge on any atom is -0.296 e. The van der Waals surface area contributed by atoms with Crippen LogP contribution in [-0.4, -0.2) is 29.8 Å². The largest absolute Gasteiger partial charge is 0.296 e. The molecule has 0 aromatic rings. The van der Waals surface area contributed by atoms with Gasteiger partial charge in [0.2, 0.25) is 0 Å². The molecule has 82 valence electrons. The van der Waals surface area contributed by atoms with Crippen LogP contribution in [0.3, 0.4) is 0 Å². The summed E-state index contributed by atoms with van der Waals surface area (Å²) in [5.74, 6) is 2.54. The van der Waals surface area contributed by atoms with Crippen LogP contribution in [0.15, 0.2) is 12.2 Å². The van der Waals surface area contributed by atoms with Crippen LogP contribution in [0.5, 0.6) is 0 Å². The molecule has 0 saturated carbocycles. The number of piperidine rings is 1. The maximum atomic E-state index is 4.17. The molecular formula is C12H23NS. The zero-order chi connectivity index (χ0) is 10.6. The minimum absolute atomic E-state index is 0.732. The van der Waals surface area contributed by atoms with Gasteiger partial charge in [-0.3, -0.25) is 4.90 Å². The van der Waals surface area contributed by atoms with Gasteiger partial charge in [-0.15, -0.1) is 0 Å². The van der Waals surface area contributed by atoms with Gasteiger partial charge in [0, 0.05) is 24.9 Å². The van der Waals surface area contributed by atoms with Crippen molar-refractivity contribution >= 4 is 12.6 Å². The smallest absolute Gasteiger partial charge is 0.0166 e. The second-order valence-electron chi connectivity index (χ2n) is 4.67. The van der Waals surface area contributed by atoms with Crippen LogP contribution in [0.4, 0.5) is 0 Å². The van der Waals surface area contributed by atoms with E-state index < -0.39 is 0 Å². The standard InChI is InChI=1S/C12H23NS/c1-10-8-11(2)12(3)13(9-10)6-4-5-7-14/h4-5,10-12,14H,6-9H2,1-3H3/b5-4+. The minimum atomic E-state index is 0.732. The molecule has 0 aliphatic carbocycles. The molecule has 1 rings (SSSR count). The van der Waals surface area contributed by atoms with Crippen LogP contribution in [0.2, 0.25) is 0 Å². The molecule has 1 aliphatic rings. The molecule has 3 atom stereocenters. The number of thiol groups is 1. The predicted molar refractivity (Wildman–Crippen MR) is 67.0 cm³/mol. The van der Waals surface area contributed by atoms with E-state index in [0.29, 0.717) is 0 Å². The Hall–Kier alpha value is 0.0500. The van der Waals surface area contributed by atoms with Gasteiger partial charge in [-0.2, -0.15) is 12.6 Å². The van der Waals surface area contributed by atoms with Gasteiger partial charge in [-0.1, -0.05) is 26.0 Å². The lowest BCUT2D eigenvalue weighted by Gasteiger charge is -2.40. The predicted octanol–water partition coefficient (Wildman–Crippen LogP) is 2.84. The quantitative estimate of drug-likeness (QED) is 0.557. The summed E-state index contributed by atoms with van der Waals surface area (Å²) in [6.45, 7) is 9.43. The topological polar surface area (TPSA) is 3.24 Å². The Kier molecular flexibility index (Phi) is 5.04. The number of likely N-dealkylation sites (tertiary alicyclic amines) is 1. The fraction of sp³-hybridized carbons (Fsp3) is 0.833. The Bertz CT molecular complexity index is 191. The maximum absolute atomic E-state index is 4.17. The molecule has 0 bridgehead atoms. The van der Waals surface area contributed by atoms with Crippen LogP contribution in [-0.2, 0) is 0 Å². The van der Waals surface area contributed by atoms with E-state index in [4.69, 9.17) is 0 Å². The molecule has 3 unspecified atom stereocenters. The van der Waals surface area contributed by atoms with Crippen LogP contribution in [0.1, 0.15) is 27.2 Å². The number of nitrogens with zero attached hydrogens (tertiary/aromatic N) is 1. The maximum Gasteiger partial charge on any atom is 0.0166 e. The highest BCUT2D eigenvalue weighted by Crippen LogP contribution is 2.26. The summed E-state index contributed by atoms with van der Waals surface area (Å²) < 4.78 is 0. The van der Waals surface area contributed by atoms with Gasteiger partial charge in [0.25, 0.3) is 0 Å². The second-order valence-corrected chi connectivity index (χ2v) is 5.03. The van der Waals surface area contributed by atoms with Crippen LogP contribution in [0, 0.1) is 11.8 Å². The van der Waals surface area contributed by atoms with Crippen molar-refractivity contribution in [2.45, 2.75) is 33.2 Å². The average Bonchev–Trinajstić information content (AvgIpc) is 2.13. The summed E-state index contributed by atoms with van der Waals surface area (Å²) in [7, 11) is 0. The molecule has 0 radical (unpaired) electrons. The van der Waals surface area contributed by atoms with E-state index in [0.717, 1.165) is 30.2 Å². The van der Waals surface area contributed by atoms with Gasteiger partial charge in [-0.05, 0) is 25.2 Å². The third kappa shape index (κ3) is 3.32. The Labute approximate surface area is 94.0 Å². The van der Waals surface area contributed by atoms with Crippen molar-refractivity contribution in [2.75, 3.05) is 18.8 Å². The highest BCUT2D eigenvalue weighted by molar-refractivity contribution is 7.80. The molecule has 0 amide bonds. The molecule has 0 spiro atoms. The van der Waals surface area contributed by atoms with E-state index in [9.17, 15) is 0 Å².